The van der Waals surface area contributed by atoms with E-state index >= 15 is 0 Å². The maximum absolute atomic E-state index is 12.2. The predicted octanol–water partition coefficient (Wildman–Crippen LogP) is 1.58. The summed E-state index contributed by atoms with van der Waals surface area (Å²) in [6, 6.07) is 9.55. The van der Waals surface area contributed by atoms with E-state index in [1.54, 1.807) is 6.92 Å². The summed E-state index contributed by atoms with van der Waals surface area (Å²) in [5.74, 6) is 1.12. The minimum atomic E-state index is -1.32. The topological polar surface area (TPSA) is 81.4 Å². The molecule has 0 radical (unpaired) electrons. The molecule has 0 saturated carbocycles. The third kappa shape index (κ3) is 5.67. The Bertz CT molecular complexity index is 658. The molecule has 0 aliphatic heterocycles. The highest BCUT2D eigenvalue weighted by atomic mass is 32.2. The van der Waals surface area contributed by atoms with Crippen molar-refractivity contribution in [2.45, 2.75) is 12.7 Å². The molecular formula is C17H23N3O3S. The first-order valence-electron chi connectivity index (χ1n) is 7.74. The molecule has 0 fully saturated rings. The van der Waals surface area contributed by atoms with Gasteiger partial charge in [0, 0.05) is 18.7 Å². The van der Waals surface area contributed by atoms with Gasteiger partial charge in [-0.2, -0.15) is 0 Å². The molecule has 1 aromatic carbocycles. The average molecular weight is 349 g/mol. The second-order valence-corrected chi connectivity index (χ2v) is 7.23. The lowest BCUT2D eigenvalue weighted by Gasteiger charge is -2.12. The third-order valence-electron chi connectivity index (χ3n) is 3.38. The lowest BCUT2D eigenvalue weighted by molar-refractivity contribution is -0.118. The molecule has 2 rings (SSSR count). The Morgan fingerprint density at radius 2 is 2.04 bits per heavy atom. The molecule has 0 aliphatic rings. The number of rotatable bonds is 8. The van der Waals surface area contributed by atoms with Crippen LogP contribution in [0.3, 0.4) is 0 Å². The van der Waals surface area contributed by atoms with Crippen molar-refractivity contribution in [2.24, 2.45) is 0 Å². The van der Waals surface area contributed by atoms with Gasteiger partial charge in [0.05, 0.1) is 0 Å². The number of likely N-dealkylation sites (N-methyl/N-ethyl adjacent to an activating group) is 1. The van der Waals surface area contributed by atoms with Gasteiger partial charge in [-0.3, -0.25) is 4.79 Å². The summed E-state index contributed by atoms with van der Waals surface area (Å²) < 4.78 is 17.8. The molecule has 2 aromatic rings. The van der Waals surface area contributed by atoms with Crippen molar-refractivity contribution in [1.29, 1.82) is 0 Å². The van der Waals surface area contributed by atoms with Crippen molar-refractivity contribution in [3.05, 3.63) is 41.8 Å². The van der Waals surface area contributed by atoms with Crippen molar-refractivity contribution >= 4 is 17.1 Å². The van der Waals surface area contributed by atoms with Gasteiger partial charge in [-0.15, -0.1) is 0 Å². The van der Waals surface area contributed by atoms with E-state index in [-0.39, 0.29) is 17.4 Å². The third-order valence-corrected chi connectivity index (χ3v) is 4.56. The summed E-state index contributed by atoms with van der Waals surface area (Å²) in [6.45, 7) is 3.09. The van der Waals surface area contributed by atoms with Gasteiger partial charge in [0.1, 0.15) is 11.5 Å². The van der Waals surface area contributed by atoms with Crippen LogP contribution in [-0.4, -0.2) is 53.3 Å². The van der Waals surface area contributed by atoms with Gasteiger partial charge in [-0.1, -0.05) is 18.2 Å². The minimum Gasteiger partial charge on any atom is -0.616 e. The van der Waals surface area contributed by atoms with E-state index in [2.05, 4.69) is 10.3 Å². The molecule has 0 spiro atoms. The van der Waals surface area contributed by atoms with Crippen LogP contribution in [0.4, 0.5) is 0 Å². The van der Waals surface area contributed by atoms with Gasteiger partial charge >= 0.3 is 0 Å². The SMILES string of the molecule is Cc1oc(-c2ccccc2)nc1C[S+]([O-])CC(=O)NCCN(C)C. The molecule has 1 atom stereocenters. The number of nitrogens with zero attached hydrogens (tertiary/aromatic N) is 2. The first-order chi connectivity index (χ1) is 11.5. The molecule has 0 bridgehead atoms. The lowest BCUT2D eigenvalue weighted by atomic mass is 10.2. The van der Waals surface area contributed by atoms with Crippen LogP contribution < -0.4 is 5.32 Å². The van der Waals surface area contributed by atoms with Crippen LogP contribution in [0.25, 0.3) is 11.5 Å². The maximum Gasteiger partial charge on any atom is 0.269 e. The number of oxazole rings is 1. The highest BCUT2D eigenvalue weighted by Crippen LogP contribution is 2.22. The molecule has 0 saturated heterocycles. The molecule has 1 unspecified atom stereocenters. The van der Waals surface area contributed by atoms with Gasteiger partial charge in [0.15, 0.2) is 11.5 Å². The van der Waals surface area contributed by atoms with Gasteiger partial charge in [0.2, 0.25) is 5.89 Å². The molecule has 1 heterocycles. The lowest BCUT2D eigenvalue weighted by Crippen LogP contribution is -2.35. The zero-order valence-corrected chi connectivity index (χ0v) is 15.1. The summed E-state index contributed by atoms with van der Waals surface area (Å²) in [4.78, 5) is 18.2. The second kappa shape index (κ2) is 8.86. The second-order valence-electron chi connectivity index (χ2n) is 5.77. The Morgan fingerprint density at radius 1 is 1.33 bits per heavy atom. The van der Waals surface area contributed by atoms with Crippen LogP contribution >= 0.6 is 0 Å². The zero-order valence-electron chi connectivity index (χ0n) is 14.2. The fourth-order valence-corrected chi connectivity index (χ4v) is 3.16. The van der Waals surface area contributed by atoms with E-state index in [4.69, 9.17) is 4.42 Å². The Balaban J connectivity index is 1.89. The number of hydrogen-bond donors (Lipinski definition) is 1. The number of carbonyl (C=O) groups excluding carboxylic acids is 1. The number of nitrogens with one attached hydrogen (secondary N) is 1. The molecular weight excluding hydrogens is 326 g/mol. The largest absolute Gasteiger partial charge is 0.616 e. The fourth-order valence-electron chi connectivity index (χ4n) is 2.09. The summed E-state index contributed by atoms with van der Waals surface area (Å²) in [5.41, 5.74) is 1.51. The summed E-state index contributed by atoms with van der Waals surface area (Å²) in [5, 5.41) is 2.76. The van der Waals surface area contributed by atoms with Crippen LogP contribution in [0.2, 0.25) is 0 Å². The maximum atomic E-state index is 12.2. The van der Waals surface area contributed by atoms with E-state index in [1.807, 2.05) is 49.3 Å². The van der Waals surface area contributed by atoms with Crippen molar-refractivity contribution in [3.63, 3.8) is 0 Å². The number of amides is 1. The molecule has 6 nitrogen and oxygen atoms in total. The first kappa shape index (κ1) is 18.5. The van der Waals surface area contributed by atoms with Crippen LogP contribution in [0.5, 0.6) is 0 Å². The zero-order chi connectivity index (χ0) is 17.5. The number of benzene rings is 1. The van der Waals surface area contributed by atoms with Gasteiger partial charge in [0.25, 0.3) is 5.91 Å². The smallest absolute Gasteiger partial charge is 0.269 e. The molecule has 0 aliphatic carbocycles. The van der Waals surface area contributed by atoms with Crippen molar-refractivity contribution in [3.8, 4) is 11.5 Å². The quantitative estimate of drug-likeness (QED) is 0.732. The fraction of sp³-hybridized carbons (Fsp3) is 0.412. The van der Waals surface area contributed by atoms with E-state index < -0.39 is 11.2 Å². The number of aryl methyl sites for hydroxylation is 1. The Morgan fingerprint density at radius 3 is 2.71 bits per heavy atom. The summed E-state index contributed by atoms with van der Waals surface area (Å²) in [6.07, 6.45) is 0. The van der Waals surface area contributed by atoms with Crippen LogP contribution in [-0.2, 0) is 21.7 Å². The molecule has 1 amide bonds. The Labute approximate surface area is 145 Å². The van der Waals surface area contributed by atoms with E-state index in [0.717, 1.165) is 12.1 Å². The van der Waals surface area contributed by atoms with Crippen molar-refractivity contribution in [2.75, 3.05) is 32.9 Å². The summed E-state index contributed by atoms with van der Waals surface area (Å²) >= 11 is -1.32. The standard InChI is InChI=1S/C17H23N3O3S/c1-13-15(19-17(23-13)14-7-5-4-6-8-14)11-24(22)12-16(21)18-9-10-20(2)3/h4-8H,9-12H2,1-3H3,(H,18,21). The summed E-state index contributed by atoms with van der Waals surface area (Å²) in [7, 11) is 3.87. The molecule has 1 aromatic heterocycles. The van der Waals surface area contributed by atoms with Crippen molar-refractivity contribution < 1.29 is 13.8 Å². The van der Waals surface area contributed by atoms with Crippen molar-refractivity contribution in [1.82, 2.24) is 15.2 Å². The van der Waals surface area contributed by atoms with E-state index in [1.165, 1.54) is 0 Å². The highest BCUT2D eigenvalue weighted by Gasteiger charge is 2.19. The predicted molar refractivity (Wildman–Crippen MR) is 95.0 cm³/mol. The first-order valence-corrected chi connectivity index (χ1v) is 9.22. The average Bonchev–Trinajstić information content (AvgIpc) is 2.88. The van der Waals surface area contributed by atoms with Gasteiger partial charge in [-0.25, -0.2) is 4.98 Å². The van der Waals surface area contributed by atoms with E-state index in [0.29, 0.717) is 23.9 Å². The molecule has 7 heteroatoms. The number of carbonyl (C=O) groups is 1. The molecule has 24 heavy (non-hydrogen) atoms. The van der Waals surface area contributed by atoms with E-state index in [9.17, 15) is 9.35 Å². The van der Waals surface area contributed by atoms with Gasteiger partial charge < -0.3 is 19.2 Å². The number of aromatic nitrogens is 1. The Hall–Kier alpha value is -1.83. The highest BCUT2D eigenvalue weighted by molar-refractivity contribution is 7.91. The normalized spacial score (nSPS) is 12.4. The number of hydrogen-bond acceptors (Lipinski definition) is 5. The van der Waals surface area contributed by atoms with Gasteiger partial charge in [-0.05, 0) is 44.3 Å². The van der Waals surface area contributed by atoms with Crippen LogP contribution in [0.15, 0.2) is 34.7 Å². The Kier molecular flexibility index (Phi) is 6.84. The monoisotopic (exact) mass is 349 g/mol. The minimum absolute atomic E-state index is 0.0274. The molecule has 130 valence electrons. The molecule has 1 N–H and O–H groups in total. The van der Waals surface area contributed by atoms with Crippen LogP contribution in [0.1, 0.15) is 11.5 Å². The van der Waals surface area contributed by atoms with Crippen LogP contribution in [0, 0.1) is 6.92 Å².